The van der Waals surface area contributed by atoms with Crippen LogP contribution in [0.3, 0.4) is 0 Å². The van der Waals surface area contributed by atoms with E-state index in [-0.39, 0.29) is 16.5 Å². The predicted molar refractivity (Wildman–Crippen MR) is 88.6 cm³/mol. The Morgan fingerprint density at radius 3 is 2.04 bits per heavy atom. The summed E-state index contributed by atoms with van der Waals surface area (Å²) in [5, 5.41) is 17.1. The number of sulfonamides is 1. The highest BCUT2D eigenvalue weighted by Gasteiger charge is 2.07. The molecule has 0 bridgehead atoms. The number of benzene rings is 2. The van der Waals surface area contributed by atoms with Gasteiger partial charge >= 0.3 is 0 Å². The molecule has 0 aliphatic rings. The maximum Gasteiger partial charge on any atom is 0.277 e. The number of para-hydroxylation sites is 1. The van der Waals surface area contributed by atoms with Crippen molar-refractivity contribution in [1.82, 2.24) is 15.4 Å². The number of nitrogens with two attached hydrogens (primary N) is 1. The molecule has 0 saturated carbocycles. The van der Waals surface area contributed by atoms with Crippen molar-refractivity contribution in [2.24, 2.45) is 5.14 Å². The Morgan fingerprint density at radius 2 is 1.58 bits per heavy atom. The molecule has 0 radical (unpaired) electrons. The number of carbonyl (C=O) groups is 1. The normalized spacial score (nSPS) is 10.4. The minimum Gasteiger partial charge on any atom is -0.321 e. The lowest BCUT2D eigenvalue weighted by Crippen LogP contribution is -2.12. The van der Waals surface area contributed by atoms with Gasteiger partial charge in [-0.25, -0.2) is 13.6 Å². The van der Waals surface area contributed by atoms with Gasteiger partial charge in [0.25, 0.3) is 5.91 Å². The van der Waals surface area contributed by atoms with Crippen molar-refractivity contribution < 1.29 is 13.2 Å². The van der Waals surface area contributed by atoms with E-state index in [9.17, 15) is 13.2 Å². The number of carbonyl (C=O) groups excluding carboxylic acids is 1. The molecule has 2 aromatic carbocycles. The zero-order valence-corrected chi connectivity index (χ0v) is 13.3. The fraction of sp³-hybridized carbons (Fsp3) is 0. The van der Waals surface area contributed by atoms with Crippen molar-refractivity contribution in [3.63, 3.8) is 0 Å². The summed E-state index contributed by atoms with van der Waals surface area (Å²) < 4.78 is 21.2. The SMILES string of the molecule is NS(=O)(=O)c1ccccc1.O=C(Nc1ccccc1)c1cn[nH]n1. The minimum absolute atomic E-state index is 0.148. The van der Waals surface area contributed by atoms with Crippen molar-refractivity contribution in [3.8, 4) is 0 Å². The quantitative estimate of drug-likeness (QED) is 0.660. The zero-order valence-electron chi connectivity index (χ0n) is 12.5. The monoisotopic (exact) mass is 345 g/mol. The molecule has 0 saturated heterocycles. The van der Waals surface area contributed by atoms with E-state index >= 15 is 0 Å². The Hall–Kier alpha value is -3.04. The first-order valence-corrected chi connectivity index (χ1v) is 8.31. The van der Waals surface area contributed by atoms with Crippen LogP contribution in [0.4, 0.5) is 5.69 Å². The fourth-order valence-electron chi connectivity index (χ4n) is 1.64. The van der Waals surface area contributed by atoms with E-state index in [2.05, 4.69) is 20.7 Å². The molecular weight excluding hydrogens is 330 g/mol. The van der Waals surface area contributed by atoms with Gasteiger partial charge in [-0.15, -0.1) is 0 Å². The molecule has 0 atom stereocenters. The van der Waals surface area contributed by atoms with Crippen LogP contribution in [-0.2, 0) is 10.0 Å². The molecule has 0 unspecified atom stereocenters. The number of amides is 1. The van der Waals surface area contributed by atoms with Gasteiger partial charge in [0.15, 0.2) is 5.69 Å². The minimum atomic E-state index is -3.50. The highest BCUT2D eigenvalue weighted by atomic mass is 32.2. The largest absolute Gasteiger partial charge is 0.321 e. The van der Waals surface area contributed by atoms with E-state index in [0.29, 0.717) is 0 Å². The van der Waals surface area contributed by atoms with Gasteiger partial charge in [-0.05, 0) is 24.3 Å². The molecule has 0 fully saturated rings. The molecule has 0 aliphatic heterocycles. The number of hydrogen-bond donors (Lipinski definition) is 3. The number of anilines is 1. The van der Waals surface area contributed by atoms with E-state index < -0.39 is 10.0 Å². The van der Waals surface area contributed by atoms with Gasteiger partial charge in [-0.2, -0.15) is 15.4 Å². The Morgan fingerprint density at radius 1 is 1.00 bits per heavy atom. The first-order chi connectivity index (χ1) is 11.5. The number of aromatic amines is 1. The van der Waals surface area contributed by atoms with Crippen molar-refractivity contribution in [1.29, 1.82) is 0 Å². The molecule has 1 aromatic heterocycles. The molecular formula is C15H15N5O3S. The smallest absolute Gasteiger partial charge is 0.277 e. The predicted octanol–water partition coefficient (Wildman–Crippen LogP) is 1.39. The number of hydrogen-bond acceptors (Lipinski definition) is 5. The maximum atomic E-state index is 11.4. The van der Waals surface area contributed by atoms with Gasteiger partial charge in [-0.3, -0.25) is 4.79 Å². The van der Waals surface area contributed by atoms with Crippen LogP contribution in [0.5, 0.6) is 0 Å². The molecule has 3 aromatic rings. The van der Waals surface area contributed by atoms with Gasteiger partial charge in [0.1, 0.15) is 0 Å². The molecule has 124 valence electrons. The molecule has 1 amide bonds. The van der Waals surface area contributed by atoms with E-state index in [1.165, 1.54) is 18.3 Å². The number of rotatable bonds is 3. The van der Waals surface area contributed by atoms with Crippen LogP contribution in [0.2, 0.25) is 0 Å². The van der Waals surface area contributed by atoms with Crippen molar-refractivity contribution >= 4 is 21.6 Å². The van der Waals surface area contributed by atoms with Crippen LogP contribution < -0.4 is 10.5 Å². The summed E-state index contributed by atoms with van der Waals surface area (Å²) in [7, 11) is -3.50. The van der Waals surface area contributed by atoms with Crippen LogP contribution in [0.25, 0.3) is 0 Å². The van der Waals surface area contributed by atoms with E-state index in [0.717, 1.165) is 5.69 Å². The molecule has 9 heteroatoms. The average Bonchev–Trinajstić information content (AvgIpc) is 3.11. The second kappa shape index (κ2) is 7.99. The van der Waals surface area contributed by atoms with E-state index in [1.807, 2.05) is 18.2 Å². The average molecular weight is 345 g/mol. The lowest BCUT2D eigenvalue weighted by molar-refractivity contribution is 0.102. The summed E-state index contributed by atoms with van der Waals surface area (Å²) in [5.74, 6) is -0.273. The maximum absolute atomic E-state index is 11.4. The summed E-state index contributed by atoms with van der Waals surface area (Å²) >= 11 is 0. The number of aromatic nitrogens is 3. The van der Waals surface area contributed by atoms with Crippen LogP contribution in [0.1, 0.15) is 10.5 Å². The van der Waals surface area contributed by atoms with Gasteiger partial charge < -0.3 is 5.32 Å². The zero-order chi connectivity index (χ0) is 17.4. The second-order valence-electron chi connectivity index (χ2n) is 4.53. The molecule has 0 spiro atoms. The van der Waals surface area contributed by atoms with Crippen molar-refractivity contribution in [3.05, 3.63) is 72.6 Å². The number of primary sulfonamides is 1. The fourth-order valence-corrected chi connectivity index (χ4v) is 2.17. The van der Waals surface area contributed by atoms with Crippen LogP contribution >= 0.6 is 0 Å². The number of nitrogens with zero attached hydrogens (tertiary/aromatic N) is 2. The number of nitrogens with one attached hydrogen (secondary N) is 2. The van der Waals surface area contributed by atoms with Gasteiger partial charge in [0.2, 0.25) is 10.0 Å². The molecule has 4 N–H and O–H groups in total. The standard InChI is InChI=1S/C9H8N4O.C6H7NO2S/c14-9(8-6-10-13-12-8)11-7-4-2-1-3-5-7;7-10(8,9)6-4-2-1-3-5-6/h1-6H,(H,11,14)(H,10,12,13);1-5H,(H2,7,8,9). The summed E-state index contributed by atoms with van der Waals surface area (Å²) in [6, 6.07) is 17.1. The third-order valence-corrected chi connectivity index (χ3v) is 3.68. The van der Waals surface area contributed by atoms with Gasteiger partial charge in [-0.1, -0.05) is 36.4 Å². The van der Waals surface area contributed by atoms with Crippen molar-refractivity contribution in [2.45, 2.75) is 4.90 Å². The summed E-state index contributed by atoms with van der Waals surface area (Å²) in [6.45, 7) is 0. The summed E-state index contributed by atoms with van der Waals surface area (Å²) in [6.07, 6.45) is 1.37. The Balaban J connectivity index is 0.000000185. The molecule has 8 nitrogen and oxygen atoms in total. The van der Waals surface area contributed by atoms with E-state index in [4.69, 9.17) is 5.14 Å². The Bertz CT molecular complexity index is 866. The van der Waals surface area contributed by atoms with Gasteiger partial charge in [0, 0.05) is 5.69 Å². The summed E-state index contributed by atoms with van der Waals surface area (Å²) in [4.78, 5) is 11.6. The van der Waals surface area contributed by atoms with E-state index in [1.54, 1.807) is 30.3 Å². The first-order valence-electron chi connectivity index (χ1n) is 6.77. The topological polar surface area (TPSA) is 131 Å². The third kappa shape index (κ3) is 5.30. The molecule has 3 rings (SSSR count). The third-order valence-electron chi connectivity index (χ3n) is 2.75. The number of H-pyrrole nitrogens is 1. The van der Waals surface area contributed by atoms with Crippen LogP contribution in [-0.4, -0.2) is 29.7 Å². The molecule has 1 heterocycles. The summed E-state index contributed by atoms with van der Waals surface area (Å²) in [5.41, 5.74) is 1.01. The van der Waals surface area contributed by atoms with Crippen molar-refractivity contribution in [2.75, 3.05) is 5.32 Å². The second-order valence-corrected chi connectivity index (χ2v) is 6.09. The van der Waals surface area contributed by atoms with Crippen LogP contribution in [0.15, 0.2) is 71.8 Å². The lowest BCUT2D eigenvalue weighted by Gasteiger charge is -2.00. The highest BCUT2D eigenvalue weighted by Crippen LogP contribution is 2.06. The Labute approximate surface area is 138 Å². The first kappa shape index (κ1) is 17.3. The van der Waals surface area contributed by atoms with Crippen LogP contribution in [0, 0.1) is 0 Å². The van der Waals surface area contributed by atoms with Gasteiger partial charge in [0.05, 0.1) is 11.1 Å². The lowest BCUT2D eigenvalue weighted by atomic mass is 10.3. The molecule has 24 heavy (non-hydrogen) atoms. The highest BCUT2D eigenvalue weighted by molar-refractivity contribution is 7.89. The molecule has 0 aliphatic carbocycles. The Kier molecular flexibility index (Phi) is 5.77.